The lowest BCUT2D eigenvalue weighted by Crippen LogP contribution is -2.45. The highest BCUT2D eigenvalue weighted by molar-refractivity contribution is 6.16. The molecular weight excluding hydrogens is 598 g/mol. The van der Waals surface area contributed by atoms with Crippen molar-refractivity contribution in [1.29, 1.82) is 0 Å². The second kappa shape index (κ2) is 8.87. The van der Waals surface area contributed by atoms with Crippen LogP contribution in [0.3, 0.4) is 0 Å². The SMILES string of the molecule is O=C1OC(=O)c2c1cc(C(c1cccc(F)c1)(c1cc3c(c(C(F)(F)F)c1)C(=O)OC3=O)C(F)(F)F)cc2C(F)(F)F. The van der Waals surface area contributed by atoms with Crippen molar-refractivity contribution >= 4 is 23.9 Å². The summed E-state index contributed by atoms with van der Waals surface area (Å²) in [6, 6.07) is 1.84. The van der Waals surface area contributed by atoms with Gasteiger partial charge in [0.2, 0.25) is 0 Å². The van der Waals surface area contributed by atoms with E-state index in [0.717, 1.165) is 0 Å². The predicted octanol–water partition coefficient (Wildman–Crippen LogP) is 6.38. The molecule has 0 spiro atoms. The van der Waals surface area contributed by atoms with Gasteiger partial charge in [0.05, 0.1) is 33.4 Å². The van der Waals surface area contributed by atoms with E-state index in [-0.39, 0.29) is 30.3 Å². The van der Waals surface area contributed by atoms with Crippen molar-refractivity contribution in [3.8, 4) is 0 Å². The summed E-state index contributed by atoms with van der Waals surface area (Å²) in [4.78, 5) is 48.5. The first-order chi connectivity index (χ1) is 19.3. The van der Waals surface area contributed by atoms with E-state index >= 15 is 13.2 Å². The maximum Gasteiger partial charge on any atom is 0.417 e. The van der Waals surface area contributed by atoms with E-state index in [9.17, 15) is 49.9 Å². The Labute approximate surface area is 225 Å². The van der Waals surface area contributed by atoms with Crippen LogP contribution in [0.2, 0.25) is 0 Å². The molecule has 42 heavy (non-hydrogen) atoms. The topological polar surface area (TPSA) is 86.7 Å². The van der Waals surface area contributed by atoms with E-state index in [1.54, 1.807) is 0 Å². The summed E-state index contributed by atoms with van der Waals surface area (Å²) >= 11 is 0. The monoisotopic (exact) mass is 606 g/mol. The van der Waals surface area contributed by atoms with Crippen LogP contribution in [0.1, 0.15) is 69.2 Å². The molecule has 2 aliphatic heterocycles. The van der Waals surface area contributed by atoms with Gasteiger partial charge in [0.25, 0.3) is 0 Å². The summed E-state index contributed by atoms with van der Waals surface area (Å²) in [7, 11) is 0. The van der Waals surface area contributed by atoms with E-state index in [1.807, 2.05) is 0 Å². The van der Waals surface area contributed by atoms with Crippen LogP contribution in [0.25, 0.3) is 0 Å². The van der Waals surface area contributed by atoms with Crippen LogP contribution in [-0.2, 0) is 27.2 Å². The number of fused-ring (bicyclic) bond motifs is 2. The van der Waals surface area contributed by atoms with Gasteiger partial charge in [0, 0.05) is 0 Å². The van der Waals surface area contributed by atoms with E-state index in [2.05, 4.69) is 9.47 Å². The quantitative estimate of drug-likeness (QED) is 0.149. The Kier molecular flexibility index (Phi) is 6.07. The molecule has 0 radical (unpaired) electrons. The molecule has 0 fully saturated rings. The van der Waals surface area contributed by atoms with Gasteiger partial charge >= 0.3 is 42.4 Å². The molecule has 2 aliphatic rings. The lowest BCUT2D eigenvalue weighted by atomic mass is 9.67. The average Bonchev–Trinajstić information content (AvgIpc) is 3.30. The fourth-order valence-electron chi connectivity index (χ4n) is 5.02. The van der Waals surface area contributed by atoms with Crippen molar-refractivity contribution in [2.75, 3.05) is 0 Å². The highest BCUT2D eigenvalue weighted by atomic mass is 19.4. The van der Waals surface area contributed by atoms with Gasteiger partial charge in [0.1, 0.15) is 11.2 Å². The summed E-state index contributed by atoms with van der Waals surface area (Å²) < 4.78 is 153. The molecule has 0 saturated heterocycles. The summed E-state index contributed by atoms with van der Waals surface area (Å²) in [6.07, 6.45) is -17.2. The zero-order valence-electron chi connectivity index (χ0n) is 19.8. The van der Waals surface area contributed by atoms with Crippen molar-refractivity contribution in [3.63, 3.8) is 0 Å². The van der Waals surface area contributed by atoms with Crippen LogP contribution >= 0.6 is 0 Å². The number of rotatable bonds is 3. The normalized spacial score (nSPS) is 15.5. The number of hydrogen-bond acceptors (Lipinski definition) is 6. The number of carbonyl (C=O) groups is 4. The fraction of sp³-hybridized carbons (Fsp3) is 0.154. The lowest BCUT2D eigenvalue weighted by molar-refractivity contribution is -0.167. The molecule has 0 aliphatic carbocycles. The second-order valence-corrected chi connectivity index (χ2v) is 9.00. The summed E-state index contributed by atoms with van der Waals surface area (Å²) in [5, 5.41) is 0. The Morgan fingerprint density at radius 1 is 0.524 bits per heavy atom. The number of benzene rings is 3. The van der Waals surface area contributed by atoms with E-state index in [1.165, 1.54) is 0 Å². The fourth-order valence-corrected chi connectivity index (χ4v) is 5.02. The Morgan fingerprint density at radius 3 is 1.31 bits per heavy atom. The molecule has 0 aromatic heterocycles. The maximum atomic E-state index is 15.4. The third-order valence-electron chi connectivity index (χ3n) is 6.66. The molecule has 0 unspecified atom stereocenters. The number of carbonyl (C=O) groups excluding carboxylic acids is 4. The van der Waals surface area contributed by atoms with Gasteiger partial charge in [-0.2, -0.15) is 39.5 Å². The second-order valence-electron chi connectivity index (χ2n) is 9.00. The third-order valence-corrected chi connectivity index (χ3v) is 6.66. The lowest BCUT2D eigenvalue weighted by Gasteiger charge is -2.38. The molecule has 0 N–H and O–H groups in total. The van der Waals surface area contributed by atoms with Gasteiger partial charge in [0.15, 0.2) is 0 Å². The van der Waals surface area contributed by atoms with Crippen LogP contribution in [0.4, 0.5) is 43.9 Å². The summed E-state index contributed by atoms with van der Waals surface area (Å²) in [5.41, 5.74) is -18.4. The first-order valence-corrected chi connectivity index (χ1v) is 11.2. The van der Waals surface area contributed by atoms with E-state index in [0.29, 0.717) is 18.2 Å². The first-order valence-electron chi connectivity index (χ1n) is 11.2. The van der Waals surface area contributed by atoms with Crippen molar-refractivity contribution in [1.82, 2.24) is 0 Å². The minimum Gasteiger partial charge on any atom is -0.386 e. The Bertz CT molecular complexity index is 1640. The predicted molar refractivity (Wildman–Crippen MR) is 115 cm³/mol. The Morgan fingerprint density at radius 2 is 0.952 bits per heavy atom. The molecule has 0 atom stereocenters. The molecule has 5 rings (SSSR count). The van der Waals surface area contributed by atoms with Crippen LogP contribution in [0.5, 0.6) is 0 Å². The number of alkyl halides is 9. The van der Waals surface area contributed by atoms with E-state index < -0.39 is 104 Å². The maximum absolute atomic E-state index is 15.4. The number of esters is 4. The van der Waals surface area contributed by atoms with Crippen molar-refractivity contribution in [2.24, 2.45) is 0 Å². The largest absolute Gasteiger partial charge is 0.417 e. The molecule has 16 heteroatoms. The van der Waals surface area contributed by atoms with Gasteiger partial charge in [-0.15, -0.1) is 0 Å². The van der Waals surface area contributed by atoms with Crippen molar-refractivity contribution in [2.45, 2.75) is 23.9 Å². The highest BCUT2D eigenvalue weighted by Gasteiger charge is 2.61. The molecule has 3 aromatic carbocycles. The molecule has 6 nitrogen and oxygen atoms in total. The van der Waals surface area contributed by atoms with Crippen molar-refractivity contribution in [3.05, 3.63) is 104 Å². The van der Waals surface area contributed by atoms with Gasteiger partial charge in [-0.05, 0) is 53.1 Å². The van der Waals surface area contributed by atoms with Crippen LogP contribution in [0.15, 0.2) is 48.5 Å². The number of halogens is 10. The van der Waals surface area contributed by atoms with Gasteiger partial charge in [-0.1, -0.05) is 12.1 Å². The molecule has 0 bridgehead atoms. The minimum atomic E-state index is -5.95. The Balaban J connectivity index is 2.03. The highest BCUT2D eigenvalue weighted by Crippen LogP contribution is 2.54. The third kappa shape index (κ3) is 4.11. The van der Waals surface area contributed by atoms with Crippen LogP contribution in [-0.4, -0.2) is 30.1 Å². The average molecular weight is 606 g/mol. The molecule has 0 saturated carbocycles. The van der Waals surface area contributed by atoms with Gasteiger partial charge in [-0.3, -0.25) is 0 Å². The molecule has 218 valence electrons. The van der Waals surface area contributed by atoms with Gasteiger partial charge in [-0.25, -0.2) is 23.6 Å². The molecular formula is C26H8F10O6. The molecule has 2 heterocycles. The zero-order valence-corrected chi connectivity index (χ0v) is 19.8. The van der Waals surface area contributed by atoms with Crippen molar-refractivity contribution < 1.29 is 72.6 Å². The van der Waals surface area contributed by atoms with Gasteiger partial charge < -0.3 is 9.47 Å². The summed E-state index contributed by atoms with van der Waals surface area (Å²) in [6.45, 7) is 0. The number of cyclic esters (lactones) is 4. The van der Waals surface area contributed by atoms with Crippen LogP contribution < -0.4 is 0 Å². The number of hydrogen-bond donors (Lipinski definition) is 0. The minimum absolute atomic E-state index is 0.153. The number of ether oxygens (including phenoxy) is 2. The first kappa shape index (κ1) is 28.8. The molecule has 3 aromatic rings. The smallest absolute Gasteiger partial charge is 0.386 e. The standard InChI is InChI=1S/C26H8F10O6/c27-12-3-1-2-9(4-12)23(26(34,35)36,10-5-13-17(21(39)41-19(13)37)15(7-10)24(28,29)30)11-6-14-18(22(40)42-20(14)38)16(8-11)25(31,32)33/h1-8H. The summed E-state index contributed by atoms with van der Waals surface area (Å²) in [5.74, 6) is -8.70. The zero-order chi connectivity index (χ0) is 31.2. The molecule has 0 amide bonds. The van der Waals surface area contributed by atoms with Crippen LogP contribution in [0, 0.1) is 5.82 Å². The van der Waals surface area contributed by atoms with E-state index in [4.69, 9.17) is 0 Å². The Hall–Kier alpha value is -4.76.